The summed E-state index contributed by atoms with van der Waals surface area (Å²) in [6, 6.07) is 7.62. The Hall–Kier alpha value is -2.60. The van der Waals surface area contributed by atoms with Gasteiger partial charge in [0.25, 0.3) is 0 Å². The fourth-order valence-corrected chi connectivity index (χ4v) is 2.93. The van der Waals surface area contributed by atoms with Gasteiger partial charge in [0, 0.05) is 16.5 Å². The number of nitrogens with one attached hydrogen (secondary N) is 2. The van der Waals surface area contributed by atoms with Crippen LogP contribution in [0, 0.1) is 0 Å². The summed E-state index contributed by atoms with van der Waals surface area (Å²) in [4.78, 5) is 21.3. The molecule has 0 saturated heterocycles. The number of imidazole rings is 1. The molecule has 0 aliphatic rings. The Kier molecular flexibility index (Phi) is 2.37. The van der Waals surface area contributed by atoms with Gasteiger partial charge >= 0.3 is 5.69 Å². The van der Waals surface area contributed by atoms with Gasteiger partial charge in [0.05, 0.1) is 23.0 Å². The molecular formula is C14H9N3O2S. The Morgan fingerprint density at radius 3 is 2.85 bits per heavy atom. The van der Waals surface area contributed by atoms with Crippen molar-refractivity contribution in [3.05, 3.63) is 52.7 Å². The van der Waals surface area contributed by atoms with Crippen molar-refractivity contribution in [1.82, 2.24) is 15.0 Å². The van der Waals surface area contributed by atoms with E-state index in [4.69, 9.17) is 4.42 Å². The summed E-state index contributed by atoms with van der Waals surface area (Å²) < 4.78 is 5.07. The van der Waals surface area contributed by atoms with Gasteiger partial charge in [0.1, 0.15) is 11.3 Å². The molecule has 2 N–H and O–H groups in total. The van der Waals surface area contributed by atoms with Gasteiger partial charge in [-0.3, -0.25) is 0 Å². The number of nitrogens with zero attached hydrogens (tertiary/aromatic N) is 1. The van der Waals surface area contributed by atoms with Crippen molar-refractivity contribution < 1.29 is 4.42 Å². The number of hydrogen-bond acceptors (Lipinski definition) is 4. The van der Waals surface area contributed by atoms with Crippen LogP contribution in [0.3, 0.4) is 0 Å². The SMILES string of the molecule is O=c1[nH]c2ccc(-c3csc(-c4ccoc4)n3)cc2[nH]1. The van der Waals surface area contributed by atoms with Gasteiger partial charge in [-0.05, 0) is 18.2 Å². The van der Waals surface area contributed by atoms with Crippen molar-refractivity contribution in [3.8, 4) is 21.8 Å². The summed E-state index contributed by atoms with van der Waals surface area (Å²) in [7, 11) is 0. The van der Waals surface area contributed by atoms with Crippen molar-refractivity contribution in [2.75, 3.05) is 0 Å². The van der Waals surface area contributed by atoms with Crippen LogP contribution in [0.2, 0.25) is 0 Å². The number of thiazole rings is 1. The van der Waals surface area contributed by atoms with E-state index in [9.17, 15) is 4.79 Å². The molecule has 0 saturated carbocycles. The summed E-state index contributed by atoms with van der Waals surface area (Å²) in [5, 5.41) is 2.91. The average Bonchev–Trinajstić information content (AvgIpc) is 3.17. The van der Waals surface area contributed by atoms with Crippen LogP contribution in [-0.4, -0.2) is 15.0 Å². The summed E-state index contributed by atoms with van der Waals surface area (Å²) in [6.07, 6.45) is 3.31. The summed E-state index contributed by atoms with van der Waals surface area (Å²) in [5.41, 5.74) is 4.20. The Morgan fingerprint density at radius 1 is 1.10 bits per heavy atom. The minimum Gasteiger partial charge on any atom is -0.472 e. The first-order valence-electron chi connectivity index (χ1n) is 6.00. The molecule has 0 spiro atoms. The second kappa shape index (κ2) is 4.21. The molecule has 3 aromatic heterocycles. The molecule has 20 heavy (non-hydrogen) atoms. The van der Waals surface area contributed by atoms with Gasteiger partial charge in [-0.1, -0.05) is 6.07 Å². The predicted octanol–water partition coefficient (Wildman–Crippen LogP) is 3.24. The molecule has 4 rings (SSSR count). The smallest absolute Gasteiger partial charge is 0.323 e. The molecule has 0 aliphatic heterocycles. The van der Waals surface area contributed by atoms with Gasteiger partial charge in [0.15, 0.2) is 0 Å². The van der Waals surface area contributed by atoms with E-state index >= 15 is 0 Å². The second-order valence-corrected chi connectivity index (χ2v) is 5.25. The minimum atomic E-state index is -0.200. The maximum Gasteiger partial charge on any atom is 0.323 e. The fourth-order valence-electron chi connectivity index (χ4n) is 2.12. The van der Waals surface area contributed by atoms with Crippen molar-refractivity contribution in [1.29, 1.82) is 0 Å². The molecule has 0 unspecified atom stereocenters. The standard InChI is InChI=1S/C14H9N3O2S/c18-14-16-10-2-1-8(5-11(10)17-14)12-7-20-13(15-12)9-3-4-19-6-9/h1-7H,(H2,16,17,18). The summed E-state index contributed by atoms with van der Waals surface area (Å²) >= 11 is 1.56. The summed E-state index contributed by atoms with van der Waals surface area (Å²) in [6.45, 7) is 0. The quantitative estimate of drug-likeness (QED) is 0.593. The number of aromatic nitrogens is 3. The minimum absolute atomic E-state index is 0.200. The van der Waals surface area contributed by atoms with Crippen LogP contribution in [0.25, 0.3) is 32.9 Å². The lowest BCUT2D eigenvalue weighted by molar-refractivity contribution is 0.568. The van der Waals surface area contributed by atoms with Crippen LogP contribution < -0.4 is 5.69 Å². The highest BCUT2D eigenvalue weighted by Crippen LogP contribution is 2.29. The molecule has 4 aromatic rings. The van der Waals surface area contributed by atoms with Crippen LogP contribution in [-0.2, 0) is 0 Å². The molecule has 1 aromatic carbocycles. The summed E-state index contributed by atoms with van der Waals surface area (Å²) in [5.74, 6) is 0. The first-order chi connectivity index (χ1) is 9.79. The molecular weight excluding hydrogens is 274 g/mol. The van der Waals surface area contributed by atoms with Crippen LogP contribution in [0.15, 0.2) is 51.4 Å². The van der Waals surface area contributed by atoms with Gasteiger partial charge in [-0.15, -0.1) is 11.3 Å². The normalized spacial score (nSPS) is 11.2. The molecule has 3 heterocycles. The zero-order chi connectivity index (χ0) is 13.5. The number of hydrogen-bond donors (Lipinski definition) is 2. The number of furan rings is 1. The lowest BCUT2D eigenvalue weighted by Gasteiger charge is -1.96. The number of aromatic amines is 2. The van der Waals surface area contributed by atoms with E-state index in [2.05, 4.69) is 15.0 Å². The molecule has 0 atom stereocenters. The van der Waals surface area contributed by atoms with Crippen molar-refractivity contribution in [3.63, 3.8) is 0 Å². The van der Waals surface area contributed by atoms with Crippen molar-refractivity contribution in [2.45, 2.75) is 0 Å². The molecule has 5 nitrogen and oxygen atoms in total. The first kappa shape index (κ1) is 11.2. The molecule has 0 radical (unpaired) electrons. The van der Waals surface area contributed by atoms with Crippen LogP contribution >= 0.6 is 11.3 Å². The van der Waals surface area contributed by atoms with E-state index in [1.54, 1.807) is 23.9 Å². The van der Waals surface area contributed by atoms with Gasteiger partial charge < -0.3 is 14.4 Å². The fraction of sp³-hybridized carbons (Fsp3) is 0. The number of rotatable bonds is 2. The van der Waals surface area contributed by atoms with Crippen molar-refractivity contribution in [2.24, 2.45) is 0 Å². The van der Waals surface area contributed by atoms with Crippen LogP contribution in [0.4, 0.5) is 0 Å². The zero-order valence-corrected chi connectivity index (χ0v) is 11.0. The third-order valence-electron chi connectivity index (χ3n) is 3.08. The maximum absolute atomic E-state index is 11.3. The highest BCUT2D eigenvalue weighted by Gasteiger charge is 2.08. The highest BCUT2D eigenvalue weighted by atomic mass is 32.1. The molecule has 98 valence electrons. The number of benzene rings is 1. The van der Waals surface area contributed by atoms with E-state index in [-0.39, 0.29) is 5.69 Å². The van der Waals surface area contributed by atoms with Gasteiger partial charge in [0.2, 0.25) is 0 Å². The third-order valence-corrected chi connectivity index (χ3v) is 3.98. The zero-order valence-electron chi connectivity index (χ0n) is 10.2. The van der Waals surface area contributed by atoms with Gasteiger partial charge in [-0.2, -0.15) is 0 Å². The predicted molar refractivity (Wildman–Crippen MR) is 77.7 cm³/mol. The highest BCUT2D eigenvalue weighted by molar-refractivity contribution is 7.13. The molecule has 0 fully saturated rings. The monoisotopic (exact) mass is 283 g/mol. The van der Waals surface area contributed by atoms with E-state index < -0.39 is 0 Å². The van der Waals surface area contributed by atoms with Crippen LogP contribution in [0.1, 0.15) is 0 Å². The lowest BCUT2D eigenvalue weighted by atomic mass is 10.1. The van der Waals surface area contributed by atoms with E-state index in [0.29, 0.717) is 0 Å². The lowest BCUT2D eigenvalue weighted by Crippen LogP contribution is -1.99. The van der Waals surface area contributed by atoms with E-state index in [1.165, 1.54) is 0 Å². The number of H-pyrrole nitrogens is 2. The molecule has 0 aliphatic carbocycles. The molecule has 0 bridgehead atoms. The molecule has 0 amide bonds. The van der Waals surface area contributed by atoms with E-state index in [0.717, 1.165) is 32.9 Å². The Balaban J connectivity index is 1.80. The molecule has 6 heteroatoms. The van der Waals surface area contributed by atoms with Gasteiger partial charge in [-0.25, -0.2) is 9.78 Å². The number of fused-ring (bicyclic) bond motifs is 1. The Labute approximate surface area is 116 Å². The average molecular weight is 283 g/mol. The maximum atomic E-state index is 11.3. The third kappa shape index (κ3) is 1.78. The second-order valence-electron chi connectivity index (χ2n) is 4.39. The van der Waals surface area contributed by atoms with E-state index in [1.807, 2.05) is 29.6 Å². The van der Waals surface area contributed by atoms with Crippen LogP contribution in [0.5, 0.6) is 0 Å². The Morgan fingerprint density at radius 2 is 2.00 bits per heavy atom. The first-order valence-corrected chi connectivity index (χ1v) is 6.88. The van der Waals surface area contributed by atoms with Crippen molar-refractivity contribution >= 4 is 22.4 Å². The Bertz CT molecular complexity index is 931. The topological polar surface area (TPSA) is 74.7 Å². The largest absolute Gasteiger partial charge is 0.472 e.